The lowest BCUT2D eigenvalue weighted by molar-refractivity contribution is 0.300. The van der Waals surface area contributed by atoms with Gasteiger partial charge in [0, 0.05) is 30.3 Å². The summed E-state index contributed by atoms with van der Waals surface area (Å²) in [6, 6.07) is 15.7. The zero-order chi connectivity index (χ0) is 18.4. The number of nitrogens with zero attached hydrogens (tertiary/aromatic N) is 2. The van der Waals surface area contributed by atoms with Crippen LogP contribution in [0.25, 0.3) is 0 Å². The topological polar surface area (TPSA) is 44.1 Å². The molecule has 0 atom stereocenters. The average molecular weight is 413 g/mol. The highest BCUT2D eigenvalue weighted by molar-refractivity contribution is 9.08. The van der Waals surface area contributed by atoms with E-state index in [0.717, 1.165) is 23.0 Å². The van der Waals surface area contributed by atoms with Crippen molar-refractivity contribution >= 4 is 15.9 Å². The van der Waals surface area contributed by atoms with Crippen LogP contribution in [0.15, 0.2) is 65.7 Å². The van der Waals surface area contributed by atoms with Crippen LogP contribution in [0.3, 0.4) is 0 Å². The second-order valence-corrected chi connectivity index (χ2v) is 6.77. The van der Waals surface area contributed by atoms with Crippen LogP contribution in [0.4, 0.5) is 0 Å². The van der Waals surface area contributed by atoms with Gasteiger partial charge >= 0.3 is 0 Å². The monoisotopic (exact) mass is 412 g/mol. The van der Waals surface area contributed by atoms with Crippen LogP contribution >= 0.6 is 15.9 Å². The minimum Gasteiger partial charge on any atom is -0.487 e. The molecule has 0 aliphatic heterocycles. The van der Waals surface area contributed by atoms with E-state index < -0.39 is 0 Å². The van der Waals surface area contributed by atoms with Crippen molar-refractivity contribution < 1.29 is 4.74 Å². The highest BCUT2D eigenvalue weighted by atomic mass is 79.9. The second-order valence-electron chi connectivity index (χ2n) is 6.21. The number of hydrogen-bond donors (Lipinski definition) is 0. The molecule has 5 heteroatoms. The van der Waals surface area contributed by atoms with Crippen molar-refractivity contribution in [3.05, 3.63) is 93.7 Å². The van der Waals surface area contributed by atoms with Crippen LogP contribution in [0, 0.1) is 6.92 Å². The summed E-state index contributed by atoms with van der Waals surface area (Å²) in [6.07, 6.45) is 4.41. The van der Waals surface area contributed by atoms with E-state index in [9.17, 15) is 4.79 Å². The molecule has 0 aliphatic carbocycles. The lowest BCUT2D eigenvalue weighted by atomic mass is 10.1. The Labute approximate surface area is 161 Å². The van der Waals surface area contributed by atoms with Gasteiger partial charge < -0.3 is 9.30 Å². The Hall–Kier alpha value is -2.40. The SMILES string of the molecule is Cc1ccc(COc2ccn(CCc3ccc(CBr)cc3)c(=O)c2)nc1. The van der Waals surface area contributed by atoms with E-state index in [1.165, 1.54) is 17.2 Å². The Morgan fingerprint density at radius 3 is 2.50 bits per heavy atom. The van der Waals surface area contributed by atoms with Gasteiger partial charge in [0.05, 0.1) is 5.69 Å². The van der Waals surface area contributed by atoms with Crippen molar-refractivity contribution in [3.63, 3.8) is 0 Å². The normalized spacial score (nSPS) is 10.7. The van der Waals surface area contributed by atoms with E-state index >= 15 is 0 Å². The van der Waals surface area contributed by atoms with Crippen molar-refractivity contribution in [3.8, 4) is 5.75 Å². The molecule has 0 unspecified atom stereocenters. The van der Waals surface area contributed by atoms with Crippen molar-refractivity contribution in [1.29, 1.82) is 0 Å². The standard InChI is InChI=1S/C21H21BrN2O2/c1-16-2-7-19(23-14-16)15-26-20-9-11-24(21(25)12-20)10-8-17-3-5-18(13-22)6-4-17/h2-7,9,11-12,14H,8,10,13,15H2,1H3. The van der Waals surface area contributed by atoms with Crippen LogP contribution in [0.1, 0.15) is 22.4 Å². The van der Waals surface area contributed by atoms with E-state index in [0.29, 0.717) is 18.9 Å². The average Bonchev–Trinajstić information content (AvgIpc) is 2.67. The fourth-order valence-electron chi connectivity index (χ4n) is 2.55. The molecule has 0 spiro atoms. The number of alkyl halides is 1. The molecule has 0 saturated carbocycles. The van der Waals surface area contributed by atoms with Gasteiger partial charge in [-0.25, -0.2) is 0 Å². The molecule has 0 N–H and O–H groups in total. The quantitative estimate of drug-likeness (QED) is 0.544. The summed E-state index contributed by atoms with van der Waals surface area (Å²) in [6.45, 7) is 2.99. The zero-order valence-corrected chi connectivity index (χ0v) is 16.3. The molecule has 2 heterocycles. The molecule has 2 aromatic heterocycles. The molecule has 3 aromatic rings. The van der Waals surface area contributed by atoms with Crippen LogP contribution in [-0.2, 0) is 24.9 Å². The van der Waals surface area contributed by atoms with Gasteiger partial charge in [-0.05, 0) is 42.2 Å². The Kier molecular flexibility index (Phi) is 6.23. The molecular weight excluding hydrogens is 392 g/mol. The van der Waals surface area contributed by atoms with Crippen LogP contribution in [-0.4, -0.2) is 9.55 Å². The third-order valence-corrected chi connectivity index (χ3v) is 4.79. The van der Waals surface area contributed by atoms with Gasteiger partial charge in [0.2, 0.25) is 0 Å². The Balaban J connectivity index is 1.58. The Morgan fingerprint density at radius 2 is 1.85 bits per heavy atom. The molecule has 134 valence electrons. The molecule has 0 bridgehead atoms. The molecule has 26 heavy (non-hydrogen) atoms. The smallest absolute Gasteiger partial charge is 0.254 e. The molecule has 0 aliphatic rings. The molecule has 0 saturated heterocycles. The maximum atomic E-state index is 12.3. The largest absolute Gasteiger partial charge is 0.487 e. The van der Waals surface area contributed by atoms with E-state index in [-0.39, 0.29) is 5.56 Å². The lowest BCUT2D eigenvalue weighted by Crippen LogP contribution is -2.19. The molecule has 1 aromatic carbocycles. The van der Waals surface area contributed by atoms with Crippen molar-refractivity contribution in [1.82, 2.24) is 9.55 Å². The first-order valence-corrected chi connectivity index (χ1v) is 9.65. The molecule has 3 rings (SSSR count). The molecular formula is C21H21BrN2O2. The van der Waals surface area contributed by atoms with Gasteiger partial charge in [-0.15, -0.1) is 0 Å². The number of hydrogen-bond acceptors (Lipinski definition) is 3. The van der Waals surface area contributed by atoms with E-state index in [2.05, 4.69) is 45.2 Å². The second kappa shape index (κ2) is 8.81. The number of aryl methyl sites for hydroxylation is 3. The van der Waals surface area contributed by atoms with Gasteiger partial charge in [0.1, 0.15) is 12.4 Å². The van der Waals surface area contributed by atoms with Crippen LogP contribution in [0.5, 0.6) is 5.75 Å². The van der Waals surface area contributed by atoms with E-state index in [1.54, 1.807) is 17.0 Å². The minimum absolute atomic E-state index is 0.0588. The molecule has 4 nitrogen and oxygen atoms in total. The van der Waals surface area contributed by atoms with Gasteiger partial charge in [-0.1, -0.05) is 46.3 Å². The summed E-state index contributed by atoms with van der Waals surface area (Å²) in [7, 11) is 0. The number of aromatic nitrogens is 2. The highest BCUT2D eigenvalue weighted by Gasteiger charge is 2.02. The first kappa shape index (κ1) is 18.4. The third-order valence-electron chi connectivity index (χ3n) is 4.15. The summed E-state index contributed by atoms with van der Waals surface area (Å²) in [5.74, 6) is 0.565. The van der Waals surface area contributed by atoms with Crippen LogP contribution < -0.4 is 10.3 Å². The van der Waals surface area contributed by atoms with Crippen molar-refractivity contribution in [2.45, 2.75) is 31.8 Å². The summed E-state index contributed by atoms with van der Waals surface area (Å²) in [5, 5.41) is 0.853. The molecule has 0 radical (unpaired) electrons. The maximum absolute atomic E-state index is 12.3. The van der Waals surface area contributed by atoms with Gasteiger partial charge in [-0.3, -0.25) is 9.78 Å². The highest BCUT2D eigenvalue weighted by Crippen LogP contribution is 2.11. The van der Waals surface area contributed by atoms with Crippen LogP contribution in [0.2, 0.25) is 0 Å². The van der Waals surface area contributed by atoms with Gasteiger partial charge in [-0.2, -0.15) is 0 Å². The number of halogens is 1. The van der Waals surface area contributed by atoms with E-state index in [1.807, 2.05) is 25.1 Å². The lowest BCUT2D eigenvalue weighted by Gasteiger charge is -2.09. The summed E-state index contributed by atoms with van der Waals surface area (Å²) < 4.78 is 7.38. The summed E-state index contributed by atoms with van der Waals surface area (Å²) >= 11 is 3.44. The van der Waals surface area contributed by atoms with E-state index in [4.69, 9.17) is 4.74 Å². The minimum atomic E-state index is -0.0588. The van der Waals surface area contributed by atoms with Crippen molar-refractivity contribution in [2.24, 2.45) is 0 Å². The third kappa shape index (κ3) is 5.05. The summed E-state index contributed by atoms with van der Waals surface area (Å²) in [4.78, 5) is 16.6. The number of rotatable bonds is 7. The van der Waals surface area contributed by atoms with Crippen molar-refractivity contribution in [2.75, 3.05) is 0 Å². The van der Waals surface area contributed by atoms with Gasteiger partial charge in [0.15, 0.2) is 0 Å². The number of benzene rings is 1. The maximum Gasteiger partial charge on any atom is 0.254 e. The number of ether oxygens (including phenoxy) is 1. The zero-order valence-electron chi connectivity index (χ0n) is 14.7. The molecule has 0 amide bonds. The first-order chi connectivity index (χ1) is 12.6. The first-order valence-electron chi connectivity index (χ1n) is 8.52. The predicted octanol–water partition coefficient (Wildman–Crippen LogP) is 4.27. The molecule has 0 fully saturated rings. The number of pyridine rings is 2. The fourth-order valence-corrected chi connectivity index (χ4v) is 2.92. The summed E-state index contributed by atoms with van der Waals surface area (Å²) in [5.41, 5.74) is 4.35. The Bertz CT molecular complexity index is 903. The Morgan fingerprint density at radius 1 is 1.08 bits per heavy atom. The predicted molar refractivity (Wildman–Crippen MR) is 107 cm³/mol. The fraction of sp³-hybridized carbons (Fsp3) is 0.238. The van der Waals surface area contributed by atoms with Gasteiger partial charge in [0.25, 0.3) is 5.56 Å².